The summed E-state index contributed by atoms with van der Waals surface area (Å²) >= 11 is 3.28. The topological polar surface area (TPSA) is 57.6 Å². The van der Waals surface area contributed by atoms with Crippen LogP contribution in [0.1, 0.15) is 12.5 Å². The normalized spacial score (nSPS) is 14.0. The predicted molar refractivity (Wildman–Crippen MR) is 70.4 cm³/mol. The van der Waals surface area contributed by atoms with Crippen molar-refractivity contribution in [3.63, 3.8) is 0 Å². The number of benzene rings is 1. The highest BCUT2D eigenvalue weighted by Crippen LogP contribution is 2.22. The van der Waals surface area contributed by atoms with E-state index in [0.717, 1.165) is 10.0 Å². The third-order valence-corrected chi connectivity index (χ3v) is 4.98. The van der Waals surface area contributed by atoms with Crippen LogP contribution in [0.3, 0.4) is 0 Å². The largest absolute Gasteiger partial charge is 0.395 e. The Morgan fingerprint density at radius 2 is 2.00 bits per heavy atom. The van der Waals surface area contributed by atoms with E-state index in [-0.39, 0.29) is 11.5 Å². The average molecular weight is 322 g/mol. The van der Waals surface area contributed by atoms with E-state index in [1.54, 1.807) is 19.1 Å². The van der Waals surface area contributed by atoms with Crippen LogP contribution in [0.25, 0.3) is 0 Å². The van der Waals surface area contributed by atoms with Gasteiger partial charge in [0.2, 0.25) is 10.0 Å². The Morgan fingerprint density at radius 3 is 2.47 bits per heavy atom. The van der Waals surface area contributed by atoms with Crippen LogP contribution in [0, 0.1) is 6.92 Å². The summed E-state index contributed by atoms with van der Waals surface area (Å²) in [5, 5.41) is 9.01. The number of likely N-dealkylation sites (N-methyl/N-ethyl adjacent to an activating group) is 1. The lowest BCUT2D eigenvalue weighted by atomic mass is 10.2. The Kier molecular flexibility index (Phi) is 4.71. The molecule has 1 unspecified atom stereocenters. The first kappa shape index (κ1) is 14.6. The van der Waals surface area contributed by atoms with Crippen LogP contribution < -0.4 is 0 Å². The monoisotopic (exact) mass is 321 g/mol. The standard InChI is InChI=1S/C11H16BrNO3S/c1-8-4-10(12)6-11(5-8)17(15,16)13(3)9(2)7-14/h4-6,9,14H,7H2,1-3H3. The van der Waals surface area contributed by atoms with Crippen LogP contribution in [-0.2, 0) is 10.0 Å². The molecule has 0 heterocycles. The van der Waals surface area contributed by atoms with Crippen molar-refractivity contribution < 1.29 is 13.5 Å². The summed E-state index contributed by atoms with van der Waals surface area (Å²) in [7, 11) is -2.09. The van der Waals surface area contributed by atoms with Crippen molar-refractivity contribution in [2.75, 3.05) is 13.7 Å². The van der Waals surface area contributed by atoms with Gasteiger partial charge in [0.05, 0.1) is 11.5 Å². The maximum atomic E-state index is 12.2. The highest BCUT2D eigenvalue weighted by atomic mass is 79.9. The lowest BCUT2D eigenvalue weighted by molar-refractivity contribution is 0.214. The van der Waals surface area contributed by atoms with Gasteiger partial charge in [-0.3, -0.25) is 0 Å². The zero-order valence-electron chi connectivity index (χ0n) is 10.0. The summed E-state index contributed by atoms with van der Waals surface area (Å²) in [6, 6.07) is 4.57. The van der Waals surface area contributed by atoms with Gasteiger partial charge in [0, 0.05) is 17.6 Å². The molecule has 1 aromatic rings. The molecule has 0 saturated carbocycles. The fraction of sp³-hybridized carbons (Fsp3) is 0.455. The van der Waals surface area contributed by atoms with E-state index in [4.69, 9.17) is 5.11 Å². The molecule has 96 valence electrons. The van der Waals surface area contributed by atoms with Crippen molar-refractivity contribution >= 4 is 26.0 Å². The summed E-state index contributed by atoms with van der Waals surface area (Å²) in [6.07, 6.45) is 0. The quantitative estimate of drug-likeness (QED) is 0.919. The minimum absolute atomic E-state index is 0.206. The van der Waals surface area contributed by atoms with Crippen LogP contribution in [-0.4, -0.2) is 37.5 Å². The van der Waals surface area contributed by atoms with E-state index in [0.29, 0.717) is 0 Å². The summed E-state index contributed by atoms with van der Waals surface area (Å²) in [5.41, 5.74) is 0.864. The molecule has 0 bridgehead atoms. The average Bonchev–Trinajstić information content (AvgIpc) is 2.25. The fourth-order valence-electron chi connectivity index (χ4n) is 1.37. The predicted octanol–water partition coefficient (Wildman–Crippen LogP) is 1.76. The van der Waals surface area contributed by atoms with Crippen molar-refractivity contribution in [2.45, 2.75) is 24.8 Å². The fourth-order valence-corrected chi connectivity index (χ4v) is 3.61. The first-order valence-corrected chi connectivity index (χ1v) is 7.38. The Labute approximate surface area is 110 Å². The van der Waals surface area contributed by atoms with Gasteiger partial charge in [-0.05, 0) is 37.6 Å². The van der Waals surface area contributed by atoms with E-state index in [2.05, 4.69) is 15.9 Å². The number of aliphatic hydroxyl groups is 1. The molecule has 1 atom stereocenters. The molecule has 0 aromatic heterocycles. The summed E-state index contributed by atoms with van der Waals surface area (Å²) in [5.74, 6) is 0. The number of hydrogen-bond acceptors (Lipinski definition) is 3. The van der Waals surface area contributed by atoms with Crippen LogP contribution in [0.15, 0.2) is 27.6 Å². The van der Waals surface area contributed by atoms with Gasteiger partial charge in [0.15, 0.2) is 0 Å². The number of nitrogens with zero attached hydrogens (tertiary/aromatic N) is 1. The summed E-state index contributed by atoms with van der Waals surface area (Å²) < 4.78 is 26.4. The maximum absolute atomic E-state index is 12.2. The zero-order chi connectivity index (χ0) is 13.2. The van der Waals surface area contributed by atoms with Gasteiger partial charge in [-0.2, -0.15) is 4.31 Å². The number of hydrogen-bond donors (Lipinski definition) is 1. The second-order valence-electron chi connectivity index (χ2n) is 4.02. The minimum Gasteiger partial charge on any atom is -0.395 e. The Hall–Kier alpha value is -0.430. The van der Waals surface area contributed by atoms with Gasteiger partial charge in [0.25, 0.3) is 0 Å². The lowest BCUT2D eigenvalue weighted by Crippen LogP contribution is -2.37. The van der Waals surface area contributed by atoms with E-state index >= 15 is 0 Å². The van der Waals surface area contributed by atoms with E-state index in [1.807, 2.05) is 13.0 Å². The van der Waals surface area contributed by atoms with Crippen LogP contribution >= 0.6 is 15.9 Å². The molecule has 1 aromatic carbocycles. The third-order valence-electron chi connectivity index (χ3n) is 2.58. The smallest absolute Gasteiger partial charge is 0.243 e. The minimum atomic E-state index is -3.55. The van der Waals surface area contributed by atoms with E-state index in [1.165, 1.54) is 11.4 Å². The molecule has 1 rings (SSSR count). The summed E-state index contributed by atoms with van der Waals surface area (Å²) in [6.45, 7) is 3.28. The first-order chi connectivity index (χ1) is 7.78. The number of aryl methyl sites for hydroxylation is 1. The second-order valence-corrected chi connectivity index (χ2v) is 6.93. The van der Waals surface area contributed by atoms with Crippen molar-refractivity contribution in [1.82, 2.24) is 4.31 Å². The summed E-state index contributed by atoms with van der Waals surface area (Å²) in [4.78, 5) is 0.229. The molecule has 0 fully saturated rings. The molecule has 6 heteroatoms. The molecule has 17 heavy (non-hydrogen) atoms. The molecule has 0 saturated heterocycles. The van der Waals surface area contributed by atoms with Gasteiger partial charge in [0.1, 0.15) is 0 Å². The van der Waals surface area contributed by atoms with Crippen LogP contribution in [0.2, 0.25) is 0 Å². The van der Waals surface area contributed by atoms with Gasteiger partial charge < -0.3 is 5.11 Å². The molecular formula is C11H16BrNO3S. The molecule has 0 aliphatic heterocycles. The van der Waals surface area contributed by atoms with Crippen LogP contribution in [0.4, 0.5) is 0 Å². The van der Waals surface area contributed by atoms with Crippen molar-refractivity contribution in [3.05, 3.63) is 28.2 Å². The van der Waals surface area contributed by atoms with E-state index in [9.17, 15) is 8.42 Å². The van der Waals surface area contributed by atoms with Crippen molar-refractivity contribution in [1.29, 1.82) is 0 Å². The number of halogens is 1. The highest BCUT2D eigenvalue weighted by Gasteiger charge is 2.25. The van der Waals surface area contributed by atoms with E-state index < -0.39 is 16.1 Å². The third kappa shape index (κ3) is 3.28. The number of sulfonamides is 1. The number of aliphatic hydroxyl groups excluding tert-OH is 1. The molecule has 0 spiro atoms. The molecule has 0 aliphatic carbocycles. The van der Waals surface area contributed by atoms with Crippen molar-refractivity contribution in [2.24, 2.45) is 0 Å². The number of rotatable bonds is 4. The van der Waals surface area contributed by atoms with Crippen LogP contribution in [0.5, 0.6) is 0 Å². The zero-order valence-corrected chi connectivity index (χ0v) is 12.4. The van der Waals surface area contributed by atoms with Gasteiger partial charge >= 0.3 is 0 Å². The molecule has 0 radical (unpaired) electrons. The molecule has 4 nitrogen and oxygen atoms in total. The second kappa shape index (κ2) is 5.48. The molecular weight excluding hydrogens is 306 g/mol. The molecule has 0 amide bonds. The first-order valence-electron chi connectivity index (χ1n) is 5.15. The maximum Gasteiger partial charge on any atom is 0.243 e. The Morgan fingerprint density at radius 1 is 1.41 bits per heavy atom. The van der Waals surface area contributed by atoms with Crippen molar-refractivity contribution in [3.8, 4) is 0 Å². The van der Waals surface area contributed by atoms with Gasteiger partial charge in [-0.25, -0.2) is 8.42 Å². The Balaban J connectivity index is 3.22. The Bertz CT molecular complexity index is 481. The van der Waals surface area contributed by atoms with Gasteiger partial charge in [-0.15, -0.1) is 0 Å². The lowest BCUT2D eigenvalue weighted by Gasteiger charge is -2.22. The molecule has 0 aliphatic rings. The van der Waals surface area contributed by atoms with Gasteiger partial charge in [-0.1, -0.05) is 15.9 Å². The SMILES string of the molecule is Cc1cc(Br)cc(S(=O)(=O)N(C)C(C)CO)c1. The molecule has 1 N–H and O–H groups in total. The highest BCUT2D eigenvalue weighted by molar-refractivity contribution is 9.10.